The van der Waals surface area contributed by atoms with Crippen molar-refractivity contribution in [2.24, 2.45) is 0 Å². The van der Waals surface area contributed by atoms with Crippen LogP contribution in [0.4, 0.5) is 27.5 Å². The summed E-state index contributed by atoms with van der Waals surface area (Å²) in [4.78, 5) is 14.6. The van der Waals surface area contributed by atoms with Crippen LogP contribution in [-0.2, 0) is 10.8 Å². The average Bonchev–Trinajstić information content (AvgIpc) is 3.40. The van der Waals surface area contributed by atoms with Gasteiger partial charge in [0.1, 0.15) is 0 Å². The molecule has 0 unspecified atom stereocenters. The number of fused-ring (bicyclic) bond motifs is 7. The first-order valence-corrected chi connectivity index (χ1v) is 15.1. The van der Waals surface area contributed by atoms with Crippen LogP contribution in [0.15, 0.2) is 115 Å². The van der Waals surface area contributed by atoms with Crippen molar-refractivity contribution in [2.75, 3.05) is 10.2 Å². The van der Waals surface area contributed by atoms with Crippen molar-refractivity contribution in [3.8, 4) is 22.3 Å². The maximum absolute atomic E-state index is 12.3. The zero-order chi connectivity index (χ0) is 30.4. The van der Waals surface area contributed by atoms with Crippen molar-refractivity contribution < 1.29 is 4.79 Å². The van der Waals surface area contributed by atoms with E-state index in [-0.39, 0.29) is 16.9 Å². The summed E-state index contributed by atoms with van der Waals surface area (Å²) in [6.07, 6.45) is 0. The van der Waals surface area contributed by atoms with Crippen LogP contribution in [-0.4, -0.2) is 6.03 Å². The third-order valence-electron chi connectivity index (χ3n) is 9.84. The molecule has 0 spiro atoms. The van der Waals surface area contributed by atoms with Gasteiger partial charge in [0.25, 0.3) is 0 Å². The van der Waals surface area contributed by atoms with Crippen molar-refractivity contribution in [2.45, 2.75) is 38.5 Å². The lowest BCUT2D eigenvalue weighted by molar-refractivity contribution is 0.255. The van der Waals surface area contributed by atoms with Crippen LogP contribution in [0.2, 0.25) is 0 Å². The van der Waals surface area contributed by atoms with E-state index in [0.29, 0.717) is 5.70 Å². The summed E-state index contributed by atoms with van der Waals surface area (Å²) in [5.41, 5.74) is 18.5. The summed E-state index contributed by atoms with van der Waals surface area (Å²) in [6, 6.07) is 37.1. The van der Waals surface area contributed by atoms with Crippen molar-refractivity contribution in [3.63, 3.8) is 0 Å². The molecule has 0 saturated heterocycles. The number of rotatable bonds is 3. The topological polar surface area (TPSA) is 44.4 Å². The largest absolute Gasteiger partial charge is 0.324 e. The quantitative estimate of drug-likeness (QED) is 0.212. The Kier molecular flexibility index (Phi) is 5.44. The highest BCUT2D eigenvalue weighted by molar-refractivity contribution is 6.03. The standard InChI is InChI=1S/C40H33N3O/c1-6-36-31-21-24(17-20-37(31)42-38(44)41-36)43(25-15-18-29-27-11-7-9-13-32(27)39(2,3)34(29)22-25)26-16-19-30-28-12-8-10-14-33(28)40(4,5)35(30)23-26/h7-23H,1H2,2-5H3,(H2,41,42,44). The summed E-state index contributed by atoms with van der Waals surface area (Å²) < 4.78 is 0. The zero-order valence-electron chi connectivity index (χ0n) is 25.4. The summed E-state index contributed by atoms with van der Waals surface area (Å²) in [5.74, 6) is 0. The smallest absolute Gasteiger partial charge is 0.310 e. The van der Waals surface area contributed by atoms with Gasteiger partial charge in [0, 0.05) is 33.5 Å². The normalized spacial score (nSPS) is 16.0. The molecule has 4 heteroatoms. The Morgan fingerprint density at radius 2 is 1.05 bits per heavy atom. The van der Waals surface area contributed by atoms with E-state index in [4.69, 9.17) is 0 Å². The van der Waals surface area contributed by atoms with Crippen LogP contribution in [0.25, 0.3) is 28.0 Å². The lowest BCUT2D eigenvalue weighted by Gasteiger charge is -2.31. The van der Waals surface area contributed by atoms with Gasteiger partial charge in [0.2, 0.25) is 0 Å². The number of carbonyl (C=O) groups is 1. The maximum Gasteiger partial charge on any atom is 0.324 e. The molecule has 4 nitrogen and oxygen atoms in total. The number of nitrogens with one attached hydrogen (secondary N) is 2. The third kappa shape index (κ3) is 3.62. The number of anilines is 4. The van der Waals surface area contributed by atoms with Crippen molar-refractivity contribution in [1.82, 2.24) is 5.32 Å². The molecule has 0 bridgehead atoms. The molecule has 2 amide bonds. The average molecular weight is 572 g/mol. The molecule has 8 rings (SSSR count). The fraction of sp³-hybridized carbons (Fsp3) is 0.150. The van der Waals surface area contributed by atoms with Gasteiger partial charge in [0.15, 0.2) is 0 Å². The van der Waals surface area contributed by atoms with E-state index in [0.717, 1.165) is 28.3 Å². The van der Waals surface area contributed by atoms with Gasteiger partial charge < -0.3 is 15.5 Å². The van der Waals surface area contributed by atoms with Gasteiger partial charge in [-0.2, -0.15) is 0 Å². The Balaban J connectivity index is 1.34. The Hall–Kier alpha value is -5.31. The first kappa shape index (κ1) is 26.3. The van der Waals surface area contributed by atoms with Crippen LogP contribution in [0.3, 0.4) is 0 Å². The van der Waals surface area contributed by atoms with Gasteiger partial charge in [-0.05, 0) is 87.0 Å². The molecule has 214 valence electrons. The highest BCUT2D eigenvalue weighted by atomic mass is 16.2. The lowest BCUT2D eigenvalue weighted by atomic mass is 9.82. The fourth-order valence-electron chi connectivity index (χ4n) is 7.57. The lowest BCUT2D eigenvalue weighted by Crippen LogP contribution is -2.32. The van der Waals surface area contributed by atoms with Gasteiger partial charge in [-0.1, -0.05) is 94.9 Å². The number of urea groups is 1. The number of hydrogen-bond donors (Lipinski definition) is 2. The van der Waals surface area contributed by atoms with E-state index >= 15 is 0 Å². The molecule has 0 saturated carbocycles. The van der Waals surface area contributed by atoms with E-state index in [1.807, 2.05) is 6.07 Å². The highest BCUT2D eigenvalue weighted by Gasteiger charge is 2.37. The minimum Gasteiger partial charge on any atom is -0.310 e. The van der Waals surface area contributed by atoms with Crippen LogP contribution in [0.1, 0.15) is 55.5 Å². The number of amides is 2. The van der Waals surface area contributed by atoms with Crippen LogP contribution < -0.4 is 15.5 Å². The molecule has 0 atom stereocenters. The minimum absolute atomic E-state index is 0.127. The molecule has 1 aliphatic heterocycles. The molecule has 5 aromatic carbocycles. The van der Waals surface area contributed by atoms with Gasteiger partial charge in [-0.15, -0.1) is 5.73 Å². The number of carbonyl (C=O) groups excluding carboxylic acids is 1. The predicted octanol–water partition coefficient (Wildman–Crippen LogP) is 10.0. The summed E-state index contributed by atoms with van der Waals surface area (Å²) in [5, 5.41) is 5.77. The summed E-state index contributed by atoms with van der Waals surface area (Å²) in [7, 11) is 0. The molecular formula is C40H33N3O. The number of nitrogens with zero attached hydrogens (tertiary/aromatic N) is 1. The van der Waals surface area contributed by atoms with Gasteiger partial charge in [-0.25, -0.2) is 4.79 Å². The Morgan fingerprint density at radius 3 is 1.59 bits per heavy atom. The number of benzene rings is 5. The van der Waals surface area contributed by atoms with Gasteiger partial charge in [-0.3, -0.25) is 0 Å². The molecule has 2 aliphatic carbocycles. The second-order valence-corrected chi connectivity index (χ2v) is 13.0. The monoisotopic (exact) mass is 571 g/mol. The van der Waals surface area contributed by atoms with Crippen molar-refractivity contribution in [1.29, 1.82) is 0 Å². The van der Waals surface area contributed by atoms with E-state index in [1.165, 1.54) is 44.5 Å². The third-order valence-corrected chi connectivity index (χ3v) is 9.84. The molecule has 0 radical (unpaired) electrons. The maximum atomic E-state index is 12.3. The Labute approximate surface area is 258 Å². The van der Waals surface area contributed by atoms with Gasteiger partial charge >= 0.3 is 6.03 Å². The van der Waals surface area contributed by atoms with Gasteiger partial charge in [0.05, 0.1) is 11.4 Å². The molecule has 44 heavy (non-hydrogen) atoms. The first-order chi connectivity index (χ1) is 21.2. The summed E-state index contributed by atoms with van der Waals surface area (Å²) >= 11 is 0. The van der Waals surface area contributed by atoms with Crippen LogP contribution in [0.5, 0.6) is 0 Å². The second-order valence-electron chi connectivity index (χ2n) is 13.0. The first-order valence-electron chi connectivity index (χ1n) is 15.1. The SMILES string of the molecule is C=C=C1NC(=O)Nc2ccc(N(c3ccc4c(c3)C(C)(C)c3ccccc3-4)c3ccc4c(c3)C(C)(C)c3ccccc3-4)cc21. The molecule has 2 N–H and O–H groups in total. The molecule has 3 aliphatic rings. The van der Waals surface area contributed by atoms with E-state index in [1.54, 1.807) is 0 Å². The second kappa shape index (κ2) is 9.09. The fourth-order valence-corrected chi connectivity index (χ4v) is 7.57. The summed E-state index contributed by atoms with van der Waals surface area (Å²) in [6.45, 7) is 13.1. The van der Waals surface area contributed by atoms with Crippen LogP contribution >= 0.6 is 0 Å². The molecule has 0 fully saturated rings. The molecular weight excluding hydrogens is 538 g/mol. The van der Waals surface area contributed by atoms with E-state index < -0.39 is 0 Å². The van der Waals surface area contributed by atoms with Crippen molar-refractivity contribution in [3.05, 3.63) is 143 Å². The molecule has 0 aromatic heterocycles. The predicted molar refractivity (Wildman–Crippen MR) is 181 cm³/mol. The van der Waals surface area contributed by atoms with E-state index in [9.17, 15) is 4.79 Å². The number of hydrogen-bond acceptors (Lipinski definition) is 2. The molecule has 5 aromatic rings. The zero-order valence-corrected chi connectivity index (χ0v) is 25.4. The Bertz CT molecular complexity index is 2000. The van der Waals surface area contributed by atoms with E-state index in [2.05, 4.69) is 153 Å². The Morgan fingerprint density at radius 1 is 0.568 bits per heavy atom. The van der Waals surface area contributed by atoms with Crippen LogP contribution in [0, 0.1) is 0 Å². The molecule has 1 heterocycles. The minimum atomic E-state index is -0.283. The van der Waals surface area contributed by atoms with Crippen molar-refractivity contribution >= 4 is 34.5 Å². The highest BCUT2D eigenvalue weighted by Crippen LogP contribution is 2.53.